The zero-order valence-electron chi connectivity index (χ0n) is 10.2. The van der Waals surface area contributed by atoms with E-state index in [1.807, 2.05) is 7.05 Å². The quantitative estimate of drug-likeness (QED) is 0.786. The average molecular weight is 256 g/mol. The van der Waals surface area contributed by atoms with Crippen molar-refractivity contribution in [3.63, 3.8) is 0 Å². The number of nitrogen functional groups attached to an aromatic ring is 1. The van der Waals surface area contributed by atoms with Crippen LogP contribution in [0.4, 0.5) is 5.69 Å². The number of anilines is 1. The molecule has 1 aromatic rings. The summed E-state index contributed by atoms with van der Waals surface area (Å²) in [4.78, 5) is 13.9. The smallest absolute Gasteiger partial charge is 0.252 e. The van der Waals surface area contributed by atoms with Gasteiger partial charge in [-0.25, -0.2) is 0 Å². The molecule has 17 heavy (non-hydrogen) atoms. The van der Waals surface area contributed by atoms with Gasteiger partial charge in [-0.05, 0) is 25.7 Å². The van der Waals surface area contributed by atoms with Gasteiger partial charge in [-0.2, -0.15) is 0 Å². The Labute approximate surface area is 107 Å². The zero-order valence-corrected chi connectivity index (χ0v) is 10.9. The summed E-state index contributed by atoms with van der Waals surface area (Å²) in [7, 11) is 2.00. The summed E-state index contributed by atoms with van der Waals surface area (Å²) in [5.74, 6) is -0.188. The highest BCUT2D eigenvalue weighted by molar-refractivity contribution is 6.36. The molecule has 4 nitrogen and oxygen atoms in total. The van der Waals surface area contributed by atoms with E-state index in [1.54, 1.807) is 18.2 Å². The Morgan fingerprint density at radius 2 is 2.24 bits per heavy atom. The van der Waals surface area contributed by atoms with Crippen molar-refractivity contribution >= 4 is 23.2 Å². The van der Waals surface area contributed by atoms with Gasteiger partial charge in [-0.15, -0.1) is 0 Å². The fourth-order valence-corrected chi connectivity index (χ4v) is 1.55. The number of nitrogens with zero attached hydrogens (tertiary/aromatic N) is 1. The molecule has 1 aromatic carbocycles. The molecule has 1 amide bonds. The number of amides is 1. The van der Waals surface area contributed by atoms with Crippen LogP contribution < -0.4 is 11.1 Å². The number of hydrogen-bond donors (Lipinski definition) is 2. The molecule has 3 N–H and O–H groups in total. The van der Waals surface area contributed by atoms with Gasteiger partial charge in [-0.3, -0.25) is 4.79 Å². The monoisotopic (exact) mass is 255 g/mol. The number of nitrogens with one attached hydrogen (secondary N) is 1. The second-order valence-electron chi connectivity index (χ2n) is 3.86. The zero-order chi connectivity index (χ0) is 12.8. The fraction of sp³-hybridized carbons (Fsp3) is 0.417. The van der Waals surface area contributed by atoms with Crippen molar-refractivity contribution in [2.24, 2.45) is 0 Å². The van der Waals surface area contributed by atoms with Gasteiger partial charge >= 0.3 is 0 Å². The second-order valence-corrected chi connectivity index (χ2v) is 4.24. The molecule has 94 valence electrons. The Morgan fingerprint density at radius 3 is 2.88 bits per heavy atom. The van der Waals surface area contributed by atoms with Crippen molar-refractivity contribution in [3.05, 3.63) is 28.8 Å². The van der Waals surface area contributed by atoms with Crippen molar-refractivity contribution in [3.8, 4) is 0 Å². The molecule has 0 bridgehead atoms. The topological polar surface area (TPSA) is 58.4 Å². The summed E-state index contributed by atoms with van der Waals surface area (Å²) in [5, 5.41) is 3.13. The molecule has 0 aromatic heterocycles. The SMILES string of the molecule is CCN(C)CCNC(=O)c1cccc(N)c1Cl. The first-order valence-electron chi connectivity index (χ1n) is 5.57. The molecule has 0 saturated carbocycles. The Balaban J connectivity index is 2.56. The number of likely N-dealkylation sites (N-methyl/N-ethyl adjacent to an activating group) is 1. The molecule has 0 aliphatic rings. The second kappa shape index (κ2) is 6.47. The number of carbonyl (C=O) groups is 1. The van der Waals surface area contributed by atoms with E-state index in [4.69, 9.17) is 17.3 Å². The van der Waals surface area contributed by atoms with Crippen LogP contribution in [0.5, 0.6) is 0 Å². The van der Waals surface area contributed by atoms with E-state index in [0.29, 0.717) is 22.8 Å². The third kappa shape index (κ3) is 3.91. The summed E-state index contributed by atoms with van der Waals surface area (Å²) >= 11 is 5.96. The standard InChI is InChI=1S/C12H18ClN3O/c1-3-16(2)8-7-15-12(17)9-5-4-6-10(14)11(9)13/h4-6H,3,7-8,14H2,1-2H3,(H,15,17). The molecule has 0 radical (unpaired) electrons. The lowest BCUT2D eigenvalue weighted by atomic mass is 10.2. The minimum absolute atomic E-state index is 0.188. The van der Waals surface area contributed by atoms with Crippen molar-refractivity contribution in [1.29, 1.82) is 0 Å². The van der Waals surface area contributed by atoms with Crippen LogP contribution in [0.1, 0.15) is 17.3 Å². The number of hydrogen-bond acceptors (Lipinski definition) is 3. The number of carbonyl (C=O) groups excluding carboxylic acids is 1. The maximum Gasteiger partial charge on any atom is 0.252 e. The molecule has 0 unspecified atom stereocenters. The van der Waals surface area contributed by atoms with Gasteiger partial charge in [0.2, 0.25) is 0 Å². The number of nitrogens with two attached hydrogens (primary N) is 1. The van der Waals surface area contributed by atoms with E-state index >= 15 is 0 Å². The molecule has 5 heteroatoms. The first-order valence-corrected chi connectivity index (χ1v) is 5.94. The number of rotatable bonds is 5. The number of halogens is 1. The molecule has 0 heterocycles. The Morgan fingerprint density at radius 1 is 1.53 bits per heavy atom. The predicted octanol–water partition coefficient (Wildman–Crippen LogP) is 1.60. The maximum atomic E-state index is 11.8. The number of benzene rings is 1. The van der Waals surface area contributed by atoms with Crippen molar-refractivity contribution in [2.75, 3.05) is 32.4 Å². The summed E-state index contributed by atoms with van der Waals surface area (Å²) < 4.78 is 0. The van der Waals surface area contributed by atoms with Gasteiger partial charge < -0.3 is 16.0 Å². The van der Waals surface area contributed by atoms with Crippen LogP contribution in [0.2, 0.25) is 5.02 Å². The predicted molar refractivity (Wildman–Crippen MR) is 71.4 cm³/mol. The third-order valence-electron chi connectivity index (χ3n) is 2.59. The van der Waals surface area contributed by atoms with E-state index in [2.05, 4.69) is 17.1 Å². The molecule has 0 saturated heterocycles. The van der Waals surface area contributed by atoms with E-state index in [9.17, 15) is 4.79 Å². The average Bonchev–Trinajstić information content (AvgIpc) is 2.32. The van der Waals surface area contributed by atoms with E-state index in [-0.39, 0.29) is 5.91 Å². The van der Waals surface area contributed by atoms with Crippen LogP contribution in [0.15, 0.2) is 18.2 Å². The highest BCUT2D eigenvalue weighted by atomic mass is 35.5. The van der Waals surface area contributed by atoms with Crippen LogP contribution >= 0.6 is 11.6 Å². The highest BCUT2D eigenvalue weighted by Gasteiger charge is 2.11. The fourth-order valence-electron chi connectivity index (χ4n) is 1.34. The molecular weight excluding hydrogens is 238 g/mol. The molecule has 1 rings (SSSR count). The first kappa shape index (κ1) is 13.8. The Bertz CT molecular complexity index is 395. The first-order chi connectivity index (χ1) is 8.06. The van der Waals surface area contributed by atoms with E-state index in [1.165, 1.54) is 0 Å². The van der Waals surface area contributed by atoms with Crippen molar-refractivity contribution < 1.29 is 4.79 Å². The van der Waals surface area contributed by atoms with Gasteiger partial charge in [-0.1, -0.05) is 24.6 Å². The van der Waals surface area contributed by atoms with Crippen molar-refractivity contribution in [1.82, 2.24) is 10.2 Å². The van der Waals surface area contributed by atoms with Crippen LogP contribution in [0.3, 0.4) is 0 Å². The van der Waals surface area contributed by atoms with Gasteiger partial charge in [0.05, 0.1) is 16.3 Å². The molecule has 0 aliphatic carbocycles. The lowest BCUT2D eigenvalue weighted by Gasteiger charge is -2.14. The van der Waals surface area contributed by atoms with E-state index in [0.717, 1.165) is 13.1 Å². The van der Waals surface area contributed by atoms with Gasteiger partial charge in [0.1, 0.15) is 0 Å². The van der Waals surface area contributed by atoms with Crippen molar-refractivity contribution in [2.45, 2.75) is 6.92 Å². The molecular formula is C12H18ClN3O. The summed E-state index contributed by atoms with van der Waals surface area (Å²) in [6.07, 6.45) is 0. The maximum absolute atomic E-state index is 11.8. The minimum atomic E-state index is -0.188. The highest BCUT2D eigenvalue weighted by Crippen LogP contribution is 2.22. The van der Waals surface area contributed by atoms with Gasteiger partial charge in [0.15, 0.2) is 0 Å². The summed E-state index contributed by atoms with van der Waals surface area (Å²) in [6, 6.07) is 5.05. The normalized spacial score (nSPS) is 10.6. The Kier molecular flexibility index (Phi) is 5.25. The molecule has 0 aliphatic heterocycles. The van der Waals surface area contributed by atoms with Crippen LogP contribution in [0, 0.1) is 0 Å². The lowest BCUT2D eigenvalue weighted by Crippen LogP contribution is -2.33. The summed E-state index contributed by atoms with van der Waals surface area (Å²) in [5.41, 5.74) is 6.48. The Hall–Kier alpha value is -1.26. The van der Waals surface area contributed by atoms with Crippen LogP contribution in [-0.4, -0.2) is 37.5 Å². The van der Waals surface area contributed by atoms with Crippen LogP contribution in [0.25, 0.3) is 0 Å². The lowest BCUT2D eigenvalue weighted by molar-refractivity contribution is 0.0950. The van der Waals surface area contributed by atoms with E-state index < -0.39 is 0 Å². The largest absolute Gasteiger partial charge is 0.398 e. The summed E-state index contributed by atoms with van der Waals surface area (Å²) in [6.45, 7) is 4.42. The van der Waals surface area contributed by atoms with Crippen LogP contribution in [-0.2, 0) is 0 Å². The van der Waals surface area contributed by atoms with Gasteiger partial charge in [0, 0.05) is 13.1 Å². The molecule has 0 atom stereocenters. The minimum Gasteiger partial charge on any atom is -0.398 e. The van der Waals surface area contributed by atoms with Gasteiger partial charge in [0.25, 0.3) is 5.91 Å². The molecule has 0 spiro atoms. The molecule has 0 fully saturated rings. The third-order valence-corrected chi connectivity index (χ3v) is 3.01.